The first-order valence-corrected chi connectivity index (χ1v) is 11.8. The summed E-state index contributed by atoms with van der Waals surface area (Å²) in [4.78, 5) is 23.7. The molecular formula is C24H25FN4O3S. The Morgan fingerprint density at radius 2 is 2.00 bits per heavy atom. The summed E-state index contributed by atoms with van der Waals surface area (Å²) in [6, 6.07) is 8.80. The number of amides is 1. The number of nitrogens with zero attached hydrogens (tertiary/aromatic N) is 4. The number of anilines is 1. The van der Waals surface area contributed by atoms with E-state index in [1.807, 2.05) is 24.5 Å². The topological polar surface area (TPSA) is 78.8 Å². The normalized spacial score (nSPS) is 13.2. The molecule has 0 fully saturated rings. The van der Waals surface area contributed by atoms with Gasteiger partial charge in [-0.05, 0) is 42.5 Å². The average molecular weight is 469 g/mol. The molecule has 0 bridgehead atoms. The van der Waals surface area contributed by atoms with E-state index in [2.05, 4.69) is 9.97 Å². The SMILES string of the molecule is CCc1c(C(=O)N2CCOc3ccc(-c4cnc(SC)nc4)cc3C2)ccc(N(C)O)c1F. The predicted octanol–water partition coefficient (Wildman–Crippen LogP) is 4.43. The zero-order chi connectivity index (χ0) is 23.5. The minimum atomic E-state index is -0.587. The van der Waals surface area contributed by atoms with Crippen LogP contribution in [-0.2, 0) is 13.0 Å². The quantitative estimate of drug-likeness (QED) is 0.337. The monoisotopic (exact) mass is 468 g/mol. The van der Waals surface area contributed by atoms with Crippen molar-refractivity contribution in [2.24, 2.45) is 0 Å². The number of carbonyl (C=O) groups excluding carboxylic acids is 1. The highest BCUT2D eigenvalue weighted by atomic mass is 32.2. The van der Waals surface area contributed by atoms with Gasteiger partial charge in [-0.1, -0.05) is 24.8 Å². The second-order valence-electron chi connectivity index (χ2n) is 7.66. The van der Waals surface area contributed by atoms with Gasteiger partial charge in [-0.2, -0.15) is 0 Å². The Kier molecular flexibility index (Phi) is 6.80. The minimum absolute atomic E-state index is 0.0345. The first-order chi connectivity index (χ1) is 15.9. The van der Waals surface area contributed by atoms with E-state index in [9.17, 15) is 14.4 Å². The Bertz CT molecular complexity index is 1170. The molecule has 0 atom stereocenters. The Labute approximate surface area is 196 Å². The summed E-state index contributed by atoms with van der Waals surface area (Å²) in [6.07, 6.45) is 5.80. The van der Waals surface area contributed by atoms with Gasteiger partial charge in [-0.15, -0.1) is 0 Å². The standard InChI is InChI=1S/C24H25FN4O3S/c1-4-18-19(6-7-20(22(18)25)28(2)31)23(30)29-9-10-32-21-8-5-15(11-16(21)14-29)17-12-26-24(33-3)27-13-17/h5-8,11-13,31H,4,9-10,14H2,1-3H3. The van der Waals surface area contributed by atoms with E-state index in [1.165, 1.54) is 24.9 Å². The molecule has 7 nitrogen and oxygen atoms in total. The van der Waals surface area contributed by atoms with E-state index in [0.29, 0.717) is 36.8 Å². The van der Waals surface area contributed by atoms with Crippen molar-refractivity contribution in [3.63, 3.8) is 0 Å². The smallest absolute Gasteiger partial charge is 0.254 e. The van der Waals surface area contributed by atoms with Crippen LogP contribution in [0.5, 0.6) is 5.75 Å². The van der Waals surface area contributed by atoms with Gasteiger partial charge in [0.05, 0.1) is 12.2 Å². The number of carbonyl (C=O) groups is 1. The number of hydroxylamine groups is 1. The molecule has 3 aromatic rings. The molecule has 1 N–H and O–H groups in total. The molecule has 1 aliphatic rings. The van der Waals surface area contributed by atoms with Gasteiger partial charge in [-0.3, -0.25) is 15.1 Å². The molecule has 172 valence electrons. The Morgan fingerprint density at radius 3 is 2.67 bits per heavy atom. The number of ether oxygens (including phenoxy) is 1. The molecule has 1 aromatic heterocycles. The summed E-state index contributed by atoms with van der Waals surface area (Å²) >= 11 is 1.48. The van der Waals surface area contributed by atoms with Crippen molar-refractivity contribution in [1.29, 1.82) is 0 Å². The van der Waals surface area contributed by atoms with Gasteiger partial charge in [0.25, 0.3) is 5.91 Å². The Balaban J connectivity index is 1.64. The molecule has 0 unspecified atom stereocenters. The van der Waals surface area contributed by atoms with Crippen molar-refractivity contribution >= 4 is 23.4 Å². The zero-order valence-electron chi connectivity index (χ0n) is 18.7. The van der Waals surface area contributed by atoms with Gasteiger partial charge in [0.15, 0.2) is 11.0 Å². The van der Waals surface area contributed by atoms with E-state index in [0.717, 1.165) is 27.5 Å². The van der Waals surface area contributed by atoms with Crippen LogP contribution in [0.1, 0.15) is 28.4 Å². The van der Waals surface area contributed by atoms with Crippen LogP contribution in [0.2, 0.25) is 0 Å². The molecule has 33 heavy (non-hydrogen) atoms. The van der Waals surface area contributed by atoms with Crippen molar-refractivity contribution in [1.82, 2.24) is 14.9 Å². The number of halogens is 1. The number of aromatic nitrogens is 2. The van der Waals surface area contributed by atoms with Crippen LogP contribution in [0.4, 0.5) is 10.1 Å². The highest BCUT2D eigenvalue weighted by molar-refractivity contribution is 7.98. The summed E-state index contributed by atoms with van der Waals surface area (Å²) < 4.78 is 20.8. The van der Waals surface area contributed by atoms with E-state index >= 15 is 0 Å². The van der Waals surface area contributed by atoms with Gasteiger partial charge in [-0.25, -0.2) is 14.4 Å². The Morgan fingerprint density at radius 1 is 1.24 bits per heavy atom. The van der Waals surface area contributed by atoms with E-state index < -0.39 is 5.82 Å². The maximum Gasteiger partial charge on any atom is 0.254 e. The highest BCUT2D eigenvalue weighted by Crippen LogP contribution is 2.31. The van der Waals surface area contributed by atoms with Crippen LogP contribution in [0.3, 0.4) is 0 Å². The fraction of sp³-hybridized carbons (Fsp3) is 0.292. The van der Waals surface area contributed by atoms with Crippen LogP contribution < -0.4 is 9.80 Å². The third kappa shape index (κ3) is 4.65. The lowest BCUT2D eigenvalue weighted by Gasteiger charge is -2.23. The molecule has 0 radical (unpaired) electrons. The second-order valence-corrected chi connectivity index (χ2v) is 8.43. The molecule has 1 amide bonds. The summed E-state index contributed by atoms with van der Waals surface area (Å²) in [5.74, 6) is -0.141. The van der Waals surface area contributed by atoms with Gasteiger partial charge in [0, 0.05) is 48.2 Å². The zero-order valence-corrected chi connectivity index (χ0v) is 19.5. The van der Waals surface area contributed by atoms with Crippen LogP contribution in [0.25, 0.3) is 11.1 Å². The first kappa shape index (κ1) is 23.0. The lowest BCUT2D eigenvalue weighted by Crippen LogP contribution is -2.33. The Hall–Kier alpha value is -3.17. The molecule has 0 aliphatic carbocycles. The van der Waals surface area contributed by atoms with Crippen molar-refractivity contribution in [3.8, 4) is 16.9 Å². The molecule has 1 aliphatic heterocycles. The summed E-state index contributed by atoms with van der Waals surface area (Å²) in [6.45, 7) is 2.83. The number of benzene rings is 2. The van der Waals surface area contributed by atoms with Gasteiger partial charge < -0.3 is 9.64 Å². The number of rotatable bonds is 5. The maximum absolute atomic E-state index is 14.9. The fourth-order valence-electron chi connectivity index (χ4n) is 3.89. The largest absolute Gasteiger partial charge is 0.491 e. The van der Waals surface area contributed by atoms with Crippen molar-refractivity contribution in [2.45, 2.75) is 25.0 Å². The summed E-state index contributed by atoms with van der Waals surface area (Å²) in [7, 11) is 1.35. The van der Waals surface area contributed by atoms with Crippen molar-refractivity contribution in [3.05, 3.63) is 65.2 Å². The fourth-order valence-corrected chi connectivity index (χ4v) is 4.21. The van der Waals surface area contributed by atoms with Crippen molar-refractivity contribution in [2.75, 3.05) is 31.5 Å². The number of hydrogen-bond acceptors (Lipinski definition) is 7. The minimum Gasteiger partial charge on any atom is -0.491 e. The number of fused-ring (bicyclic) bond motifs is 1. The molecule has 9 heteroatoms. The van der Waals surface area contributed by atoms with E-state index in [1.54, 1.807) is 30.3 Å². The van der Waals surface area contributed by atoms with Crippen LogP contribution in [0, 0.1) is 5.82 Å². The lowest BCUT2D eigenvalue weighted by atomic mass is 10.0. The second kappa shape index (κ2) is 9.76. The molecule has 0 spiro atoms. The van der Waals surface area contributed by atoms with Crippen LogP contribution >= 0.6 is 11.8 Å². The molecule has 2 aromatic carbocycles. The van der Waals surface area contributed by atoms with Crippen LogP contribution in [-0.4, -0.2) is 52.4 Å². The molecule has 4 rings (SSSR count). The highest BCUT2D eigenvalue weighted by Gasteiger charge is 2.25. The summed E-state index contributed by atoms with van der Waals surface area (Å²) in [5.41, 5.74) is 3.27. The average Bonchev–Trinajstić information content (AvgIpc) is 3.05. The van der Waals surface area contributed by atoms with Gasteiger partial charge in [0.2, 0.25) is 0 Å². The number of hydrogen-bond donors (Lipinski definition) is 1. The first-order valence-electron chi connectivity index (χ1n) is 10.6. The third-order valence-corrected chi connectivity index (χ3v) is 6.20. The van der Waals surface area contributed by atoms with Gasteiger partial charge >= 0.3 is 0 Å². The third-order valence-electron chi connectivity index (χ3n) is 5.63. The van der Waals surface area contributed by atoms with Crippen molar-refractivity contribution < 1.29 is 19.1 Å². The molecule has 0 saturated carbocycles. The van der Waals surface area contributed by atoms with Crippen LogP contribution in [0.15, 0.2) is 47.9 Å². The molecule has 2 heterocycles. The lowest BCUT2D eigenvalue weighted by molar-refractivity contribution is 0.0731. The maximum atomic E-state index is 14.9. The number of thioether (sulfide) groups is 1. The summed E-state index contributed by atoms with van der Waals surface area (Å²) in [5, 5.41) is 11.1. The van der Waals surface area contributed by atoms with E-state index in [4.69, 9.17) is 4.74 Å². The molecular weight excluding hydrogens is 443 g/mol. The molecule has 0 saturated heterocycles. The van der Waals surface area contributed by atoms with Gasteiger partial charge in [0.1, 0.15) is 12.4 Å². The predicted molar refractivity (Wildman–Crippen MR) is 125 cm³/mol. The van der Waals surface area contributed by atoms with E-state index in [-0.39, 0.29) is 17.2 Å².